The van der Waals surface area contributed by atoms with Crippen molar-refractivity contribution in [3.05, 3.63) is 58.1 Å². The SMILES string of the molecule is COc1ccc([C@H]2[C@H]3CCCC[C@]3(O)CCN2CC(=O)Nc2ccc([N+](=O)[O-])cc2)cc1OC. The highest BCUT2D eigenvalue weighted by atomic mass is 16.6. The number of ether oxygens (including phenoxy) is 2. The second-order valence-corrected chi connectivity index (χ2v) is 9.09. The van der Waals surface area contributed by atoms with Gasteiger partial charge in [-0.2, -0.15) is 0 Å². The average Bonchev–Trinajstić information content (AvgIpc) is 2.84. The summed E-state index contributed by atoms with van der Waals surface area (Å²) in [6.45, 7) is 0.724. The molecule has 1 saturated carbocycles. The van der Waals surface area contributed by atoms with Crippen molar-refractivity contribution in [3.8, 4) is 11.5 Å². The molecule has 1 saturated heterocycles. The topological polar surface area (TPSA) is 114 Å². The lowest BCUT2D eigenvalue weighted by molar-refractivity contribution is -0.384. The fourth-order valence-corrected chi connectivity index (χ4v) is 5.45. The number of hydrogen-bond donors (Lipinski definition) is 2. The molecule has 1 aliphatic heterocycles. The van der Waals surface area contributed by atoms with Gasteiger partial charge in [0.2, 0.25) is 5.91 Å². The van der Waals surface area contributed by atoms with Crippen LogP contribution in [0.3, 0.4) is 0 Å². The van der Waals surface area contributed by atoms with Crippen molar-refractivity contribution >= 4 is 17.3 Å². The number of fused-ring (bicyclic) bond motifs is 1. The van der Waals surface area contributed by atoms with Gasteiger partial charge in [0.1, 0.15) is 0 Å². The van der Waals surface area contributed by atoms with Crippen molar-refractivity contribution in [2.24, 2.45) is 5.92 Å². The number of anilines is 1. The van der Waals surface area contributed by atoms with Crippen molar-refractivity contribution in [2.75, 3.05) is 32.6 Å². The van der Waals surface area contributed by atoms with E-state index in [1.165, 1.54) is 24.3 Å². The second kappa shape index (κ2) is 9.99. The van der Waals surface area contributed by atoms with Crippen LogP contribution in [0.4, 0.5) is 11.4 Å². The zero-order valence-corrected chi connectivity index (χ0v) is 19.5. The number of aliphatic hydroxyl groups is 1. The minimum Gasteiger partial charge on any atom is -0.493 e. The van der Waals surface area contributed by atoms with Crippen LogP contribution in [0.25, 0.3) is 0 Å². The Morgan fingerprint density at radius 3 is 2.56 bits per heavy atom. The Morgan fingerprint density at radius 1 is 1.15 bits per heavy atom. The quantitative estimate of drug-likeness (QED) is 0.467. The number of non-ortho nitro benzene ring substituents is 1. The highest BCUT2D eigenvalue weighted by Crippen LogP contribution is 2.50. The molecule has 1 aliphatic carbocycles. The fourth-order valence-electron chi connectivity index (χ4n) is 5.45. The number of piperidine rings is 1. The van der Waals surface area contributed by atoms with Crippen molar-refractivity contribution in [1.82, 2.24) is 4.90 Å². The van der Waals surface area contributed by atoms with Crippen LogP contribution < -0.4 is 14.8 Å². The molecule has 1 heterocycles. The number of methoxy groups -OCH3 is 2. The van der Waals surface area contributed by atoms with Gasteiger partial charge in [-0.15, -0.1) is 0 Å². The van der Waals surface area contributed by atoms with E-state index >= 15 is 0 Å². The summed E-state index contributed by atoms with van der Waals surface area (Å²) in [5.74, 6) is 1.03. The number of nitrogens with zero attached hydrogens (tertiary/aromatic N) is 2. The maximum atomic E-state index is 12.9. The van der Waals surface area contributed by atoms with E-state index in [0.717, 1.165) is 31.2 Å². The number of hydrogen-bond acceptors (Lipinski definition) is 7. The smallest absolute Gasteiger partial charge is 0.269 e. The summed E-state index contributed by atoms with van der Waals surface area (Å²) in [5.41, 5.74) is 0.705. The molecule has 2 N–H and O–H groups in total. The van der Waals surface area contributed by atoms with Crippen LogP contribution in [-0.4, -0.2) is 53.7 Å². The second-order valence-electron chi connectivity index (χ2n) is 9.09. The van der Waals surface area contributed by atoms with Gasteiger partial charge in [-0.1, -0.05) is 18.9 Å². The van der Waals surface area contributed by atoms with Crippen molar-refractivity contribution < 1.29 is 24.3 Å². The minimum absolute atomic E-state index is 0.000255. The van der Waals surface area contributed by atoms with Gasteiger partial charge in [0.15, 0.2) is 11.5 Å². The number of nitro groups is 1. The van der Waals surface area contributed by atoms with Gasteiger partial charge in [0, 0.05) is 36.3 Å². The fraction of sp³-hybridized carbons (Fsp3) is 0.480. The van der Waals surface area contributed by atoms with Crippen LogP contribution in [-0.2, 0) is 4.79 Å². The molecule has 182 valence electrons. The molecule has 9 nitrogen and oxygen atoms in total. The van der Waals surface area contributed by atoms with Gasteiger partial charge < -0.3 is 19.9 Å². The average molecular weight is 470 g/mol. The number of nitro benzene ring substituents is 1. The molecule has 4 rings (SSSR count). The zero-order valence-electron chi connectivity index (χ0n) is 19.5. The van der Waals surface area contributed by atoms with Crippen LogP contribution in [0.5, 0.6) is 11.5 Å². The first-order valence-corrected chi connectivity index (χ1v) is 11.6. The van der Waals surface area contributed by atoms with Crippen molar-refractivity contribution in [3.63, 3.8) is 0 Å². The highest BCUT2D eigenvalue weighted by molar-refractivity contribution is 5.92. The maximum absolute atomic E-state index is 12.9. The van der Waals surface area contributed by atoms with E-state index in [1.807, 2.05) is 18.2 Å². The molecule has 0 radical (unpaired) electrons. The standard InChI is InChI=1S/C25H31N3O6/c1-33-21-11-6-17(15-22(21)34-2)24-20-5-3-4-12-25(20,30)13-14-27(24)16-23(29)26-18-7-9-19(10-8-18)28(31)32/h6-11,15,20,24,30H,3-5,12-14,16H2,1-2H3,(H,26,29)/t20-,24+,25+/m1/s1. The van der Waals surface area contributed by atoms with E-state index in [0.29, 0.717) is 30.2 Å². The van der Waals surface area contributed by atoms with Crippen LogP contribution >= 0.6 is 0 Å². The van der Waals surface area contributed by atoms with Crippen molar-refractivity contribution in [2.45, 2.75) is 43.7 Å². The van der Waals surface area contributed by atoms with Crippen LogP contribution in [0.15, 0.2) is 42.5 Å². The van der Waals surface area contributed by atoms with Crippen molar-refractivity contribution in [1.29, 1.82) is 0 Å². The summed E-state index contributed by atoms with van der Waals surface area (Å²) in [5, 5.41) is 25.2. The number of carbonyl (C=O) groups excluding carboxylic acids is 1. The third-order valence-corrected chi connectivity index (χ3v) is 7.13. The first kappa shape index (κ1) is 24.0. The van der Waals surface area contributed by atoms with Gasteiger partial charge >= 0.3 is 0 Å². The number of benzene rings is 2. The third kappa shape index (κ3) is 4.85. The minimum atomic E-state index is -0.749. The molecular formula is C25H31N3O6. The number of likely N-dealkylation sites (tertiary alicyclic amines) is 1. The Morgan fingerprint density at radius 2 is 1.88 bits per heavy atom. The third-order valence-electron chi connectivity index (χ3n) is 7.13. The lowest BCUT2D eigenvalue weighted by Crippen LogP contribution is -2.56. The Kier molecular flexibility index (Phi) is 7.04. The molecule has 34 heavy (non-hydrogen) atoms. The summed E-state index contributed by atoms with van der Waals surface area (Å²) in [7, 11) is 3.18. The molecule has 0 spiro atoms. The Balaban J connectivity index is 1.58. The van der Waals surface area contributed by atoms with E-state index < -0.39 is 10.5 Å². The monoisotopic (exact) mass is 469 g/mol. The van der Waals surface area contributed by atoms with E-state index in [4.69, 9.17) is 9.47 Å². The molecule has 0 unspecified atom stereocenters. The predicted octanol–water partition coefficient (Wildman–Crippen LogP) is 3.92. The normalized spacial score (nSPS) is 24.7. The Bertz CT molecular complexity index is 1040. The van der Waals surface area contributed by atoms with Gasteiger partial charge in [0.05, 0.1) is 31.3 Å². The summed E-state index contributed by atoms with van der Waals surface area (Å²) in [4.78, 5) is 25.5. The van der Waals surface area contributed by atoms with Gasteiger partial charge in [-0.25, -0.2) is 0 Å². The number of amides is 1. The number of nitrogens with one attached hydrogen (secondary N) is 1. The molecule has 2 aromatic rings. The molecule has 0 aromatic heterocycles. The summed E-state index contributed by atoms with van der Waals surface area (Å²) in [6, 6.07) is 11.4. The largest absolute Gasteiger partial charge is 0.493 e. The molecule has 2 aromatic carbocycles. The Labute approximate surface area is 198 Å². The first-order valence-electron chi connectivity index (χ1n) is 11.6. The molecule has 1 amide bonds. The molecule has 2 aliphatic rings. The number of rotatable bonds is 7. The van der Waals surface area contributed by atoms with E-state index in [-0.39, 0.29) is 30.1 Å². The van der Waals surface area contributed by atoms with E-state index in [2.05, 4.69) is 10.2 Å². The Hall–Kier alpha value is -3.17. The molecule has 2 fully saturated rings. The summed E-state index contributed by atoms with van der Waals surface area (Å²) >= 11 is 0. The lowest BCUT2D eigenvalue weighted by Gasteiger charge is -2.52. The molecule has 3 atom stereocenters. The van der Waals surface area contributed by atoms with E-state index in [9.17, 15) is 20.0 Å². The molecular weight excluding hydrogens is 438 g/mol. The van der Waals surface area contributed by atoms with Crippen LogP contribution in [0.2, 0.25) is 0 Å². The molecule has 0 bridgehead atoms. The summed E-state index contributed by atoms with van der Waals surface area (Å²) in [6.07, 6.45) is 4.32. The zero-order chi connectivity index (χ0) is 24.3. The van der Waals surface area contributed by atoms with Gasteiger partial charge in [0.25, 0.3) is 5.69 Å². The maximum Gasteiger partial charge on any atom is 0.269 e. The predicted molar refractivity (Wildman–Crippen MR) is 127 cm³/mol. The van der Waals surface area contributed by atoms with Gasteiger partial charge in [-0.3, -0.25) is 19.8 Å². The molecule has 9 heteroatoms. The first-order chi connectivity index (χ1) is 16.3. The lowest BCUT2D eigenvalue weighted by atomic mass is 9.66. The van der Waals surface area contributed by atoms with Gasteiger partial charge in [-0.05, 0) is 49.1 Å². The van der Waals surface area contributed by atoms with Crippen LogP contribution in [0, 0.1) is 16.0 Å². The summed E-state index contributed by atoms with van der Waals surface area (Å²) < 4.78 is 10.9. The highest BCUT2D eigenvalue weighted by Gasteiger charge is 2.49. The van der Waals surface area contributed by atoms with Crippen LogP contribution in [0.1, 0.15) is 43.7 Å². The number of carbonyl (C=O) groups is 1. The van der Waals surface area contributed by atoms with E-state index in [1.54, 1.807) is 14.2 Å².